The number of benzene rings is 2. The molecule has 3 aromatic rings. The number of carbonyl (C=O) groups is 1. The van der Waals surface area contributed by atoms with E-state index in [1.54, 1.807) is 0 Å². The molecular weight excluding hydrogens is 499 g/mol. The fraction of sp³-hybridized carbons (Fsp3) is 0.190. The van der Waals surface area contributed by atoms with Crippen LogP contribution >= 0.6 is 0 Å². The highest BCUT2D eigenvalue weighted by atomic mass is 32.2. The maximum atomic E-state index is 14.4. The molecule has 0 saturated carbocycles. The molecule has 0 aliphatic rings. The lowest BCUT2D eigenvalue weighted by molar-refractivity contribution is -0.142. The van der Waals surface area contributed by atoms with Gasteiger partial charge < -0.3 is 14.8 Å². The van der Waals surface area contributed by atoms with Crippen LogP contribution in [0.2, 0.25) is 0 Å². The zero-order valence-corrected chi connectivity index (χ0v) is 19.1. The van der Waals surface area contributed by atoms with Gasteiger partial charge in [-0.25, -0.2) is 13.4 Å². The van der Waals surface area contributed by atoms with Crippen molar-refractivity contribution in [2.75, 3.05) is 18.7 Å². The third kappa shape index (κ3) is 5.48. The van der Waals surface area contributed by atoms with Crippen molar-refractivity contribution in [3.05, 3.63) is 64.9 Å². The molecule has 0 bridgehead atoms. The van der Waals surface area contributed by atoms with E-state index in [0.29, 0.717) is 0 Å². The Bertz CT molecular complexity index is 1410. The number of hydrogen-bond acceptors (Lipinski definition) is 7. The zero-order valence-electron chi connectivity index (χ0n) is 18.3. The minimum absolute atomic E-state index is 0.000405. The molecule has 0 saturated heterocycles. The molecule has 14 heteroatoms. The number of methoxy groups -OCH3 is 1. The summed E-state index contributed by atoms with van der Waals surface area (Å²) in [6.07, 6.45) is -3.85. The quantitative estimate of drug-likeness (QED) is 0.437. The van der Waals surface area contributed by atoms with Gasteiger partial charge in [0.2, 0.25) is 11.6 Å². The molecule has 1 aromatic heterocycles. The van der Waals surface area contributed by atoms with Crippen molar-refractivity contribution >= 4 is 21.3 Å². The van der Waals surface area contributed by atoms with Crippen molar-refractivity contribution in [3.63, 3.8) is 0 Å². The molecule has 1 unspecified atom stereocenters. The Morgan fingerprint density at radius 2 is 1.83 bits per heavy atom. The maximum absolute atomic E-state index is 14.4. The fourth-order valence-corrected chi connectivity index (χ4v) is 3.67. The van der Waals surface area contributed by atoms with Gasteiger partial charge in [-0.15, -0.1) is 10.2 Å². The van der Waals surface area contributed by atoms with E-state index in [1.807, 2.05) is 0 Å². The molecule has 2 aromatic carbocycles. The van der Waals surface area contributed by atoms with Crippen LogP contribution < -0.4 is 14.8 Å². The molecule has 0 spiro atoms. The van der Waals surface area contributed by atoms with Crippen molar-refractivity contribution in [2.24, 2.45) is 0 Å². The predicted molar refractivity (Wildman–Crippen MR) is 114 cm³/mol. The van der Waals surface area contributed by atoms with Gasteiger partial charge >= 0.3 is 6.18 Å². The van der Waals surface area contributed by atoms with Gasteiger partial charge in [-0.3, -0.25) is 4.79 Å². The van der Waals surface area contributed by atoms with Crippen molar-refractivity contribution in [2.45, 2.75) is 18.0 Å². The highest BCUT2D eigenvalue weighted by molar-refractivity contribution is 7.91. The second-order valence-electron chi connectivity index (χ2n) is 7.17. The number of alkyl halides is 3. The van der Waals surface area contributed by atoms with Crippen LogP contribution in [-0.4, -0.2) is 33.7 Å². The van der Waals surface area contributed by atoms with E-state index < -0.39 is 61.9 Å². The number of nitrogens with one attached hydrogen (secondary N) is 2. The molecule has 8 nitrogen and oxygen atoms in total. The number of halogens is 5. The number of carbonyl (C=O) groups excluding carboxylic acids is 1. The number of amides is 1. The first-order valence-corrected chi connectivity index (χ1v) is 11.5. The zero-order chi connectivity index (χ0) is 26.1. The van der Waals surface area contributed by atoms with E-state index >= 15 is 0 Å². The second-order valence-corrected chi connectivity index (χ2v) is 9.33. The third-order valence-corrected chi connectivity index (χ3v) is 5.81. The van der Waals surface area contributed by atoms with Gasteiger partial charge in [0.1, 0.15) is 5.56 Å². The summed E-state index contributed by atoms with van der Waals surface area (Å²) in [5.74, 6) is -6.09. The summed E-state index contributed by atoms with van der Waals surface area (Å²) in [5.41, 5.74) is -2.98. The first kappa shape index (κ1) is 25.8. The lowest BCUT2D eigenvalue weighted by Gasteiger charge is -2.17. The van der Waals surface area contributed by atoms with Crippen LogP contribution in [0, 0.1) is 23.3 Å². The van der Waals surface area contributed by atoms with E-state index in [0.717, 1.165) is 32.4 Å². The van der Waals surface area contributed by atoms with Crippen LogP contribution in [0.1, 0.15) is 21.6 Å². The summed E-state index contributed by atoms with van der Waals surface area (Å²) in [6.45, 7) is 0.928. The molecule has 1 atom stereocenters. The van der Waals surface area contributed by atoms with E-state index in [9.17, 15) is 31.0 Å². The smallest absolute Gasteiger partial charge is 0.435 e. The van der Waals surface area contributed by atoms with Crippen molar-refractivity contribution in [1.82, 2.24) is 10.2 Å². The first-order chi connectivity index (χ1) is 16.2. The van der Waals surface area contributed by atoms with E-state index in [-0.39, 0.29) is 16.3 Å². The Morgan fingerprint density at radius 3 is 2.43 bits per heavy atom. The Hall–Kier alpha value is -3.81. The molecule has 3 rings (SSSR count). The molecule has 35 heavy (non-hydrogen) atoms. The van der Waals surface area contributed by atoms with Gasteiger partial charge in [-0.2, -0.15) is 17.6 Å². The highest BCUT2D eigenvalue weighted by Gasteiger charge is 2.38. The first-order valence-electron chi connectivity index (χ1n) is 9.53. The number of rotatable bonds is 6. The number of aromatic nitrogens is 2. The molecule has 0 aliphatic carbocycles. The molecule has 0 aliphatic heterocycles. The van der Waals surface area contributed by atoms with Gasteiger partial charge in [-0.1, -0.05) is 6.07 Å². The normalized spacial score (nSPS) is 13.1. The minimum atomic E-state index is -4.99. The van der Waals surface area contributed by atoms with Gasteiger partial charge in [-0.05, 0) is 42.8 Å². The summed E-state index contributed by atoms with van der Waals surface area (Å²) in [6, 6.07) is 7.05. The van der Waals surface area contributed by atoms with Crippen molar-refractivity contribution < 1.29 is 40.4 Å². The molecule has 0 fully saturated rings. The number of ether oxygens (including phenoxy) is 2. The standard InChI is InChI=1S/C21H17F5N4O4S/c1-10-15(19(31)28-11-5-4-6-12(9-11)35(3,27)32)20(30-29-18(10)21(24,25)26)34-17-14(33-2)8-7-13(22)16(17)23/h4-9,27H,1-3H3,(H,28,31). The molecule has 1 heterocycles. The maximum Gasteiger partial charge on any atom is 0.435 e. The summed E-state index contributed by atoms with van der Waals surface area (Å²) in [7, 11) is -2.05. The Kier molecular flexibility index (Phi) is 6.96. The van der Waals surface area contributed by atoms with Crippen molar-refractivity contribution in [3.8, 4) is 17.4 Å². The Labute approximate surface area is 196 Å². The van der Waals surface area contributed by atoms with Gasteiger partial charge in [0, 0.05) is 16.8 Å². The van der Waals surface area contributed by atoms with Crippen LogP contribution in [0.15, 0.2) is 41.3 Å². The monoisotopic (exact) mass is 516 g/mol. The molecule has 1 amide bonds. The second kappa shape index (κ2) is 9.44. The molecule has 2 N–H and O–H groups in total. The Morgan fingerprint density at radius 1 is 1.14 bits per heavy atom. The molecular formula is C21H17F5N4O4S. The van der Waals surface area contributed by atoms with Crippen LogP contribution in [0.5, 0.6) is 17.4 Å². The van der Waals surface area contributed by atoms with Gasteiger partial charge in [0.15, 0.2) is 17.3 Å². The summed E-state index contributed by atoms with van der Waals surface area (Å²) in [4.78, 5) is 13.1. The largest absolute Gasteiger partial charge is 0.493 e. The van der Waals surface area contributed by atoms with Crippen LogP contribution in [0.3, 0.4) is 0 Å². The van der Waals surface area contributed by atoms with E-state index in [4.69, 9.17) is 14.3 Å². The predicted octanol–water partition coefficient (Wildman–Crippen LogP) is 5.17. The van der Waals surface area contributed by atoms with Gasteiger partial charge in [0.05, 0.1) is 16.8 Å². The van der Waals surface area contributed by atoms with Crippen LogP contribution in [0.4, 0.5) is 27.6 Å². The lowest BCUT2D eigenvalue weighted by atomic mass is 10.1. The third-order valence-electron chi connectivity index (χ3n) is 4.65. The average molecular weight is 516 g/mol. The molecule has 186 valence electrons. The molecule has 0 radical (unpaired) electrons. The highest BCUT2D eigenvalue weighted by Crippen LogP contribution is 2.39. The lowest BCUT2D eigenvalue weighted by Crippen LogP contribution is -2.21. The summed E-state index contributed by atoms with van der Waals surface area (Å²) in [5, 5.41) is 8.65. The summed E-state index contributed by atoms with van der Waals surface area (Å²) < 4.78 is 98.2. The van der Waals surface area contributed by atoms with E-state index in [2.05, 4.69) is 15.5 Å². The number of anilines is 1. The minimum Gasteiger partial charge on any atom is -0.493 e. The fourth-order valence-electron chi connectivity index (χ4n) is 2.98. The van der Waals surface area contributed by atoms with Crippen LogP contribution in [0.25, 0.3) is 0 Å². The van der Waals surface area contributed by atoms with Crippen LogP contribution in [-0.2, 0) is 15.9 Å². The topological polar surface area (TPSA) is 114 Å². The SMILES string of the molecule is COc1ccc(F)c(F)c1Oc1nnc(C(F)(F)F)c(C)c1C(=O)Nc1cccc(S(C)(=N)=O)c1. The number of hydrogen-bond donors (Lipinski definition) is 2. The van der Waals surface area contributed by atoms with E-state index in [1.165, 1.54) is 24.3 Å². The van der Waals surface area contributed by atoms with Crippen molar-refractivity contribution in [1.29, 1.82) is 4.78 Å². The summed E-state index contributed by atoms with van der Waals surface area (Å²) >= 11 is 0. The average Bonchev–Trinajstić information content (AvgIpc) is 2.76. The number of nitrogens with zero attached hydrogens (tertiary/aromatic N) is 2. The Balaban J connectivity index is 2.14. The van der Waals surface area contributed by atoms with Gasteiger partial charge in [0.25, 0.3) is 11.8 Å².